The molecular formula is C17H32N2O. The predicted molar refractivity (Wildman–Crippen MR) is 86.2 cm³/mol. The lowest BCUT2D eigenvalue weighted by Gasteiger charge is -2.02. The second-order valence-electron chi connectivity index (χ2n) is 5.12. The number of aryl methyl sites for hydroxylation is 1. The third-order valence-corrected chi connectivity index (χ3v) is 3.45. The van der Waals surface area contributed by atoms with Crippen LogP contribution in [0.1, 0.15) is 77.0 Å². The number of unbranched alkanes of at least 4 members (excludes halogenated alkanes) is 9. The molecule has 1 aromatic heterocycles. The third-order valence-electron chi connectivity index (χ3n) is 3.45. The van der Waals surface area contributed by atoms with Crippen molar-refractivity contribution in [2.24, 2.45) is 0 Å². The van der Waals surface area contributed by atoms with E-state index in [1.807, 2.05) is 0 Å². The van der Waals surface area contributed by atoms with Gasteiger partial charge in [0.15, 0.2) is 0 Å². The van der Waals surface area contributed by atoms with Crippen LogP contribution in [0.5, 0.6) is 0 Å². The van der Waals surface area contributed by atoms with Gasteiger partial charge >= 0.3 is 0 Å². The molecule has 0 aliphatic rings. The minimum Gasteiger partial charge on any atom is -0.427 e. The van der Waals surface area contributed by atoms with E-state index in [1.54, 1.807) is 12.4 Å². The van der Waals surface area contributed by atoms with Crippen LogP contribution < -0.4 is 0 Å². The summed E-state index contributed by atoms with van der Waals surface area (Å²) >= 11 is 0. The van der Waals surface area contributed by atoms with Crippen LogP contribution in [0.3, 0.4) is 0 Å². The number of rotatable bonds is 11. The fraction of sp³-hybridized carbons (Fsp3) is 0.706. The summed E-state index contributed by atoms with van der Waals surface area (Å²) in [4.78, 5) is 4.10. The first kappa shape index (κ1) is 18.8. The molecule has 20 heavy (non-hydrogen) atoms. The molecule has 1 aromatic rings. The van der Waals surface area contributed by atoms with E-state index in [4.69, 9.17) is 0 Å². The van der Waals surface area contributed by atoms with E-state index in [9.17, 15) is 5.21 Å². The molecule has 1 rings (SSSR count). The molecule has 0 aliphatic carbocycles. The molecule has 0 saturated carbocycles. The molecule has 0 fully saturated rings. The Morgan fingerprint density at radius 2 is 1.45 bits per heavy atom. The quantitative estimate of drug-likeness (QED) is 0.335. The van der Waals surface area contributed by atoms with Gasteiger partial charge in [-0.25, -0.2) is 4.98 Å². The normalized spacial score (nSPS) is 10.1. The molecule has 1 N–H and O–H groups in total. The predicted octanol–water partition coefficient (Wildman–Crippen LogP) is 5.39. The van der Waals surface area contributed by atoms with Crippen molar-refractivity contribution in [1.29, 1.82) is 0 Å². The summed E-state index contributed by atoms with van der Waals surface area (Å²) in [5, 5.41) is 9.35. The first-order valence-electron chi connectivity index (χ1n) is 8.06. The van der Waals surface area contributed by atoms with E-state index in [-0.39, 0.29) is 0 Å². The van der Waals surface area contributed by atoms with E-state index in [1.165, 1.54) is 57.8 Å². The number of aromatic nitrogens is 2. The van der Waals surface area contributed by atoms with Gasteiger partial charge in [-0.2, -0.15) is 4.73 Å². The van der Waals surface area contributed by atoms with E-state index >= 15 is 0 Å². The second kappa shape index (κ2) is 14.2. The molecule has 0 saturated heterocycles. The van der Waals surface area contributed by atoms with Crippen LogP contribution in [-0.4, -0.2) is 14.9 Å². The Kier molecular flexibility index (Phi) is 13.3. The van der Waals surface area contributed by atoms with Crippen molar-refractivity contribution in [3.63, 3.8) is 0 Å². The summed E-state index contributed by atoms with van der Waals surface area (Å²) in [5.41, 5.74) is 0. The topological polar surface area (TPSA) is 38.0 Å². The van der Waals surface area contributed by atoms with Crippen LogP contribution in [0, 0.1) is 0 Å². The van der Waals surface area contributed by atoms with Gasteiger partial charge in [-0.15, -0.1) is 13.2 Å². The zero-order valence-electron chi connectivity index (χ0n) is 13.2. The number of imidazole rings is 1. The Balaban J connectivity index is 0.00000172. The van der Waals surface area contributed by atoms with Crippen molar-refractivity contribution in [2.45, 2.75) is 77.6 Å². The Bertz CT molecular complexity index is 310. The summed E-state index contributed by atoms with van der Waals surface area (Å²) in [5.74, 6) is 0.787. The van der Waals surface area contributed by atoms with E-state index < -0.39 is 0 Å². The monoisotopic (exact) mass is 280 g/mol. The van der Waals surface area contributed by atoms with Crippen LogP contribution in [0.25, 0.3) is 0 Å². The largest absolute Gasteiger partial charge is 0.427 e. The van der Waals surface area contributed by atoms with E-state index in [2.05, 4.69) is 25.1 Å². The smallest absolute Gasteiger partial charge is 0.144 e. The average molecular weight is 280 g/mol. The minimum atomic E-state index is 0.787. The maximum absolute atomic E-state index is 9.35. The van der Waals surface area contributed by atoms with Crippen molar-refractivity contribution in [2.75, 3.05) is 0 Å². The fourth-order valence-corrected chi connectivity index (χ4v) is 2.28. The molecular weight excluding hydrogens is 248 g/mol. The molecule has 3 heteroatoms. The molecule has 1 heterocycles. The molecule has 3 nitrogen and oxygen atoms in total. The minimum absolute atomic E-state index is 0.787. The number of nitrogens with zero attached hydrogens (tertiary/aromatic N) is 2. The highest BCUT2D eigenvalue weighted by Gasteiger charge is 2.00. The Morgan fingerprint density at radius 3 is 1.90 bits per heavy atom. The maximum Gasteiger partial charge on any atom is 0.144 e. The summed E-state index contributed by atoms with van der Waals surface area (Å²) in [7, 11) is 0. The Hall–Kier alpha value is -1.25. The summed E-state index contributed by atoms with van der Waals surface area (Å²) in [6.07, 6.45) is 17.5. The van der Waals surface area contributed by atoms with Crippen LogP contribution in [-0.2, 0) is 6.42 Å². The molecule has 116 valence electrons. The van der Waals surface area contributed by atoms with Gasteiger partial charge in [0.1, 0.15) is 5.82 Å². The van der Waals surface area contributed by atoms with Gasteiger partial charge in [-0.3, -0.25) is 0 Å². The molecule has 0 radical (unpaired) electrons. The number of hydrogen-bond donors (Lipinski definition) is 1. The Labute approximate surface area is 124 Å². The zero-order valence-corrected chi connectivity index (χ0v) is 13.2. The molecule has 0 spiro atoms. The highest BCUT2D eigenvalue weighted by molar-refractivity contribution is 4.88. The lowest BCUT2D eigenvalue weighted by Crippen LogP contribution is -1.98. The van der Waals surface area contributed by atoms with Gasteiger partial charge in [-0.05, 0) is 6.42 Å². The van der Waals surface area contributed by atoms with Crippen molar-refractivity contribution in [3.8, 4) is 0 Å². The number of hydrogen-bond acceptors (Lipinski definition) is 2. The first-order valence-corrected chi connectivity index (χ1v) is 8.06. The van der Waals surface area contributed by atoms with Gasteiger partial charge in [0, 0.05) is 12.6 Å². The van der Waals surface area contributed by atoms with Crippen LogP contribution >= 0.6 is 0 Å². The second-order valence-corrected chi connectivity index (χ2v) is 5.12. The van der Waals surface area contributed by atoms with E-state index in [0.29, 0.717) is 0 Å². The molecule has 0 amide bonds. The Morgan fingerprint density at radius 1 is 0.950 bits per heavy atom. The average Bonchev–Trinajstić information content (AvgIpc) is 2.89. The SMILES string of the molecule is C=C.CCCCCCCCCCCCc1nccn1O. The van der Waals surface area contributed by atoms with Crippen LogP contribution in [0.4, 0.5) is 0 Å². The molecule has 0 aliphatic heterocycles. The molecule has 0 bridgehead atoms. The summed E-state index contributed by atoms with van der Waals surface area (Å²) in [6.45, 7) is 8.26. The van der Waals surface area contributed by atoms with Crippen LogP contribution in [0.2, 0.25) is 0 Å². The van der Waals surface area contributed by atoms with Crippen molar-refractivity contribution in [3.05, 3.63) is 31.4 Å². The molecule has 0 unspecified atom stereocenters. The first-order chi connectivity index (χ1) is 9.84. The molecule has 0 aromatic carbocycles. The summed E-state index contributed by atoms with van der Waals surface area (Å²) < 4.78 is 1.13. The highest BCUT2D eigenvalue weighted by Crippen LogP contribution is 2.11. The lowest BCUT2D eigenvalue weighted by atomic mass is 10.1. The highest BCUT2D eigenvalue weighted by atomic mass is 16.5. The van der Waals surface area contributed by atoms with Gasteiger partial charge < -0.3 is 5.21 Å². The van der Waals surface area contributed by atoms with Crippen LogP contribution in [0.15, 0.2) is 25.6 Å². The molecule has 0 atom stereocenters. The zero-order chi connectivity index (χ0) is 15.1. The van der Waals surface area contributed by atoms with Crippen molar-refractivity contribution >= 4 is 0 Å². The van der Waals surface area contributed by atoms with Gasteiger partial charge in [0.25, 0.3) is 0 Å². The van der Waals surface area contributed by atoms with Gasteiger partial charge in [0.2, 0.25) is 0 Å². The standard InChI is InChI=1S/C15H28N2O.C2H4/c1-2-3-4-5-6-7-8-9-10-11-12-15-16-13-14-17(15)18;1-2/h13-14,18H,2-12H2,1H3;1-2H2. The fourth-order valence-electron chi connectivity index (χ4n) is 2.28. The van der Waals surface area contributed by atoms with E-state index in [0.717, 1.165) is 23.4 Å². The van der Waals surface area contributed by atoms with Gasteiger partial charge in [0.05, 0.1) is 6.20 Å². The summed E-state index contributed by atoms with van der Waals surface area (Å²) in [6, 6.07) is 0. The van der Waals surface area contributed by atoms with Crippen molar-refractivity contribution < 1.29 is 5.21 Å². The maximum atomic E-state index is 9.35. The third kappa shape index (κ3) is 9.65. The lowest BCUT2D eigenvalue weighted by molar-refractivity contribution is 0.175. The van der Waals surface area contributed by atoms with Gasteiger partial charge in [-0.1, -0.05) is 64.7 Å². The van der Waals surface area contributed by atoms with Crippen molar-refractivity contribution in [1.82, 2.24) is 9.71 Å².